The smallest absolute Gasteiger partial charge is 0.317 e. The molecule has 0 saturated carbocycles. The van der Waals surface area contributed by atoms with Crippen molar-refractivity contribution in [2.45, 2.75) is 46.3 Å². The lowest BCUT2D eigenvalue weighted by atomic mass is 9.87. The van der Waals surface area contributed by atoms with E-state index >= 15 is 0 Å². The van der Waals surface area contributed by atoms with Crippen LogP contribution in [0.5, 0.6) is 0 Å². The van der Waals surface area contributed by atoms with E-state index in [0.29, 0.717) is 13.0 Å². The van der Waals surface area contributed by atoms with Crippen LogP contribution in [0.15, 0.2) is 30.3 Å². The largest absolute Gasteiger partial charge is 0.393 e. The van der Waals surface area contributed by atoms with Crippen molar-refractivity contribution >= 4 is 6.03 Å². The minimum Gasteiger partial charge on any atom is -0.393 e. The maximum Gasteiger partial charge on any atom is 0.317 e. The Morgan fingerprint density at radius 3 is 2.60 bits per heavy atom. The van der Waals surface area contributed by atoms with Gasteiger partial charge >= 0.3 is 6.03 Å². The number of urea groups is 1. The summed E-state index contributed by atoms with van der Waals surface area (Å²) in [7, 11) is 0. The number of carbonyl (C=O) groups excluding carboxylic acids is 1. The predicted molar refractivity (Wildman–Crippen MR) is 101 cm³/mol. The molecule has 1 atom stereocenters. The molecule has 1 aliphatic rings. The fraction of sp³-hybridized carbons (Fsp3) is 0.650. The number of rotatable bonds is 6. The van der Waals surface area contributed by atoms with Crippen molar-refractivity contribution < 1.29 is 9.90 Å². The van der Waals surface area contributed by atoms with Crippen LogP contribution in [0.4, 0.5) is 4.79 Å². The second-order valence-electron chi connectivity index (χ2n) is 7.98. The molecule has 1 aromatic carbocycles. The molecule has 1 unspecified atom stereocenters. The van der Waals surface area contributed by atoms with Crippen molar-refractivity contribution in [3.05, 3.63) is 35.9 Å². The van der Waals surface area contributed by atoms with E-state index in [9.17, 15) is 9.90 Å². The van der Waals surface area contributed by atoms with Crippen LogP contribution in [0.3, 0.4) is 0 Å². The van der Waals surface area contributed by atoms with E-state index in [-0.39, 0.29) is 17.6 Å². The van der Waals surface area contributed by atoms with E-state index in [1.165, 1.54) is 5.56 Å². The monoisotopic (exact) mass is 347 g/mol. The van der Waals surface area contributed by atoms with Gasteiger partial charge in [0.2, 0.25) is 0 Å². The number of carbonyl (C=O) groups is 1. The van der Waals surface area contributed by atoms with Gasteiger partial charge in [0.15, 0.2) is 0 Å². The van der Waals surface area contributed by atoms with Crippen molar-refractivity contribution in [3.8, 4) is 0 Å². The van der Waals surface area contributed by atoms with Gasteiger partial charge in [0.1, 0.15) is 0 Å². The van der Waals surface area contributed by atoms with Crippen LogP contribution in [0, 0.1) is 5.41 Å². The minimum absolute atomic E-state index is 0.0141. The molecule has 1 heterocycles. The maximum absolute atomic E-state index is 12.5. The summed E-state index contributed by atoms with van der Waals surface area (Å²) in [5.41, 5.74) is 1.22. The van der Waals surface area contributed by atoms with Crippen LogP contribution in [0.1, 0.15) is 39.2 Å². The van der Waals surface area contributed by atoms with Crippen molar-refractivity contribution in [2.75, 3.05) is 32.7 Å². The van der Waals surface area contributed by atoms with E-state index in [4.69, 9.17) is 0 Å². The zero-order valence-corrected chi connectivity index (χ0v) is 15.9. The van der Waals surface area contributed by atoms with Crippen LogP contribution in [0.25, 0.3) is 0 Å². The summed E-state index contributed by atoms with van der Waals surface area (Å²) >= 11 is 0. The molecule has 25 heavy (non-hydrogen) atoms. The molecule has 1 aromatic rings. The highest BCUT2D eigenvalue weighted by Crippen LogP contribution is 2.21. The Labute approximate surface area is 152 Å². The molecule has 1 aliphatic heterocycles. The van der Waals surface area contributed by atoms with Crippen molar-refractivity contribution in [2.24, 2.45) is 5.41 Å². The van der Waals surface area contributed by atoms with Crippen LogP contribution >= 0.6 is 0 Å². The maximum atomic E-state index is 12.5. The Balaban J connectivity index is 1.78. The highest BCUT2D eigenvalue weighted by atomic mass is 16.3. The lowest BCUT2D eigenvalue weighted by Crippen LogP contribution is -2.45. The van der Waals surface area contributed by atoms with Gasteiger partial charge in [-0.1, -0.05) is 44.2 Å². The van der Waals surface area contributed by atoms with E-state index in [0.717, 1.165) is 39.1 Å². The van der Waals surface area contributed by atoms with Crippen LogP contribution in [0.2, 0.25) is 0 Å². The third-order valence-corrected chi connectivity index (χ3v) is 4.69. The van der Waals surface area contributed by atoms with Gasteiger partial charge in [-0.15, -0.1) is 0 Å². The molecule has 140 valence electrons. The molecule has 0 aromatic heterocycles. The number of aliphatic hydroxyl groups is 1. The highest BCUT2D eigenvalue weighted by Gasteiger charge is 2.24. The molecular weight excluding hydrogens is 314 g/mol. The van der Waals surface area contributed by atoms with E-state index < -0.39 is 0 Å². The SMILES string of the molecule is CC(O)CC(C)(C)CNC(=O)N1CCCN(Cc2ccccc2)CC1. The number of nitrogens with zero attached hydrogens (tertiary/aromatic N) is 2. The van der Waals surface area contributed by atoms with Gasteiger partial charge in [0, 0.05) is 39.3 Å². The number of hydrogen-bond acceptors (Lipinski definition) is 3. The number of benzene rings is 1. The number of nitrogens with one attached hydrogen (secondary N) is 1. The topological polar surface area (TPSA) is 55.8 Å². The summed E-state index contributed by atoms with van der Waals surface area (Å²) in [5, 5.41) is 12.6. The third kappa shape index (κ3) is 7.04. The Hall–Kier alpha value is -1.59. The first kappa shape index (κ1) is 19.7. The molecule has 2 rings (SSSR count). The second kappa shape index (κ2) is 9.20. The van der Waals surface area contributed by atoms with Crippen LogP contribution < -0.4 is 5.32 Å². The molecule has 1 saturated heterocycles. The predicted octanol–water partition coefficient (Wildman–Crippen LogP) is 2.70. The average Bonchev–Trinajstić information content (AvgIpc) is 2.78. The molecular formula is C20H33N3O2. The summed E-state index contributed by atoms with van der Waals surface area (Å²) in [5.74, 6) is 0. The van der Waals surface area contributed by atoms with Gasteiger partial charge < -0.3 is 15.3 Å². The lowest BCUT2D eigenvalue weighted by Gasteiger charge is -2.28. The fourth-order valence-electron chi connectivity index (χ4n) is 3.47. The van der Waals surface area contributed by atoms with Gasteiger partial charge in [0.05, 0.1) is 6.10 Å². The fourth-order valence-corrected chi connectivity index (χ4v) is 3.47. The summed E-state index contributed by atoms with van der Waals surface area (Å²) in [6.07, 6.45) is 1.33. The average molecular weight is 348 g/mol. The van der Waals surface area contributed by atoms with E-state index in [2.05, 4.69) is 48.3 Å². The second-order valence-corrected chi connectivity index (χ2v) is 7.98. The van der Waals surface area contributed by atoms with E-state index in [1.54, 1.807) is 6.92 Å². The quantitative estimate of drug-likeness (QED) is 0.832. The van der Waals surface area contributed by atoms with Gasteiger partial charge in [-0.25, -0.2) is 4.79 Å². The van der Waals surface area contributed by atoms with Gasteiger partial charge in [-0.3, -0.25) is 4.90 Å². The molecule has 0 radical (unpaired) electrons. The molecule has 0 aliphatic carbocycles. The summed E-state index contributed by atoms with van der Waals surface area (Å²) in [4.78, 5) is 16.8. The molecule has 5 heteroatoms. The summed E-state index contributed by atoms with van der Waals surface area (Å²) in [6, 6.07) is 10.5. The minimum atomic E-state index is -0.350. The molecule has 0 bridgehead atoms. The number of amides is 2. The Morgan fingerprint density at radius 1 is 1.20 bits per heavy atom. The Morgan fingerprint density at radius 2 is 1.92 bits per heavy atom. The van der Waals surface area contributed by atoms with Crippen molar-refractivity contribution in [3.63, 3.8) is 0 Å². The van der Waals surface area contributed by atoms with E-state index in [1.807, 2.05) is 11.0 Å². The highest BCUT2D eigenvalue weighted by molar-refractivity contribution is 5.74. The Kier molecular flexibility index (Phi) is 7.26. The first-order valence-electron chi connectivity index (χ1n) is 9.33. The lowest BCUT2D eigenvalue weighted by molar-refractivity contribution is 0.126. The normalized spacial score (nSPS) is 17.8. The molecule has 5 nitrogen and oxygen atoms in total. The summed E-state index contributed by atoms with van der Waals surface area (Å²) < 4.78 is 0. The molecule has 1 fully saturated rings. The first-order chi connectivity index (χ1) is 11.9. The molecule has 2 amide bonds. The number of aliphatic hydroxyl groups excluding tert-OH is 1. The van der Waals surface area contributed by atoms with Crippen LogP contribution in [-0.4, -0.2) is 59.8 Å². The molecule has 0 spiro atoms. The van der Waals surface area contributed by atoms with Crippen molar-refractivity contribution in [1.29, 1.82) is 0 Å². The summed E-state index contributed by atoms with van der Waals surface area (Å²) in [6.45, 7) is 10.9. The number of hydrogen-bond donors (Lipinski definition) is 2. The first-order valence-corrected chi connectivity index (χ1v) is 9.33. The van der Waals surface area contributed by atoms with Gasteiger partial charge in [0.25, 0.3) is 0 Å². The third-order valence-electron chi connectivity index (χ3n) is 4.69. The zero-order valence-electron chi connectivity index (χ0n) is 15.9. The van der Waals surface area contributed by atoms with Gasteiger partial charge in [-0.2, -0.15) is 0 Å². The van der Waals surface area contributed by atoms with Crippen molar-refractivity contribution in [1.82, 2.24) is 15.1 Å². The van der Waals surface area contributed by atoms with Gasteiger partial charge in [-0.05, 0) is 30.7 Å². The Bertz CT molecular complexity index is 531. The van der Waals surface area contributed by atoms with Crippen LogP contribution in [-0.2, 0) is 6.54 Å². The standard InChI is InChI=1S/C20H33N3O2/c1-17(24)14-20(2,3)16-21-19(25)23-11-7-10-22(12-13-23)15-18-8-5-4-6-9-18/h4-6,8-9,17,24H,7,10-16H2,1-3H3,(H,21,25). The molecule has 2 N–H and O–H groups in total. The zero-order chi connectivity index (χ0) is 18.3.